The summed E-state index contributed by atoms with van der Waals surface area (Å²) in [6, 6.07) is 5.03. The van der Waals surface area contributed by atoms with Crippen LogP contribution in [0.4, 0.5) is 21.3 Å². The molecule has 12 nitrogen and oxygen atoms in total. The third-order valence-electron chi connectivity index (χ3n) is 8.73. The first kappa shape index (κ1) is 34.0. The number of benzene rings is 1. The van der Waals surface area contributed by atoms with E-state index in [1.807, 2.05) is 0 Å². The van der Waals surface area contributed by atoms with Crippen LogP contribution in [-0.2, 0) is 22.4 Å². The number of anilines is 3. The molecule has 0 unspecified atom stereocenters. The quantitative estimate of drug-likeness (QED) is 0.207. The maximum atomic E-state index is 14.0. The number of methoxy groups -OCH3 is 1. The van der Waals surface area contributed by atoms with Crippen molar-refractivity contribution in [3.05, 3.63) is 50.7 Å². The van der Waals surface area contributed by atoms with Gasteiger partial charge in [0.15, 0.2) is 5.69 Å². The minimum atomic E-state index is -0.774. The van der Waals surface area contributed by atoms with E-state index in [1.54, 1.807) is 64.0 Å². The number of carbonyl (C=O) groups excluding carboxylic acids is 4. The largest absolute Gasteiger partial charge is 0.497 e. The van der Waals surface area contributed by atoms with E-state index in [2.05, 4.69) is 36.9 Å². The summed E-state index contributed by atoms with van der Waals surface area (Å²) in [6.45, 7) is 5.90. The Morgan fingerprint density at radius 3 is 2.52 bits per heavy atom. The molecule has 3 aromatic rings. The van der Waals surface area contributed by atoms with Gasteiger partial charge in [-0.25, -0.2) is 9.78 Å². The molecule has 0 spiro atoms. The van der Waals surface area contributed by atoms with Crippen LogP contribution in [-0.4, -0.2) is 59.7 Å². The predicted molar refractivity (Wildman–Crippen MR) is 189 cm³/mol. The molecule has 1 aromatic carbocycles. The summed E-state index contributed by atoms with van der Waals surface area (Å²) >= 11 is 4.99. The molecular formula is C34H43BrN6O6S. The fourth-order valence-electron chi connectivity index (χ4n) is 5.81. The van der Waals surface area contributed by atoms with Crippen LogP contribution in [0, 0.1) is 11.8 Å². The predicted octanol–water partition coefficient (Wildman–Crippen LogP) is 6.80. The van der Waals surface area contributed by atoms with Gasteiger partial charge >= 0.3 is 6.09 Å². The maximum absolute atomic E-state index is 14.0. The van der Waals surface area contributed by atoms with Crippen molar-refractivity contribution in [1.82, 2.24) is 14.9 Å². The molecule has 6 rings (SSSR count). The average Bonchev–Trinajstić information content (AvgIpc) is 3.97. The highest BCUT2D eigenvalue weighted by Gasteiger charge is 2.36. The Bertz CT molecular complexity index is 1760. The van der Waals surface area contributed by atoms with Crippen LogP contribution < -0.4 is 25.6 Å². The lowest BCUT2D eigenvalue weighted by atomic mass is 9.91. The van der Waals surface area contributed by atoms with Crippen LogP contribution in [0.1, 0.15) is 91.6 Å². The highest BCUT2D eigenvalue weighted by Crippen LogP contribution is 2.43. The van der Waals surface area contributed by atoms with Gasteiger partial charge in [-0.05, 0) is 111 Å². The summed E-state index contributed by atoms with van der Waals surface area (Å²) < 4.78 is 13.3. The van der Waals surface area contributed by atoms with Gasteiger partial charge in [-0.3, -0.25) is 19.7 Å². The second-order valence-electron chi connectivity index (χ2n) is 13.7. The van der Waals surface area contributed by atoms with Crippen LogP contribution in [0.3, 0.4) is 0 Å². The van der Waals surface area contributed by atoms with Crippen molar-refractivity contribution < 1.29 is 30.1 Å². The highest BCUT2D eigenvalue weighted by molar-refractivity contribution is 9.10. The van der Waals surface area contributed by atoms with E-state index in [-0.39, 0.29) is 36.7 Å². The summed E-state index contributed by atoms with van der Waals surface area (Å²) in [6.07, 6.45) is 6.54. The van der Waals surface area contributed by atoms with Gasteiger partial charge in [-0.1, -0.05) is 0 Å². The van der Waals surface area contributed by atoms with Crippen molar-refractivity contribution in [2.45, 2.75) is 77.4 Å². The van der Waals surface area contributed by atoms with Gasteiger partial charge in [0, 0.05) is 36.3 Å². The summed E-state index contributed by atoms with van der Waals surface area (Å²) in [5.41, 5.74) is 1.24. The first-order valence-electron chi connectivity index (χ1n) is 16.2. The molecule has 3 N–H and O–H groups in total. The normalized spacial score (nSPS) is 17.2. The second-order valence-corrected chi connectivity index (χ2v) is 15.6. The summed E-state index contributed by atoms with van der Waals surface area (Å²) in [5.74, 6) is 0.658. The molecule has 14 heteroatoms. The van der Waals surface area contributed by atoms with E-state index in [1.165, 1.54) is 16.2 Å². The lowest BCUT2D eigenvalue weighted by molar-refractivity contribution is -0.117. The summed E-state index contributed by atoms with van der Waals surface area (Å²) in [7, 11) is 3.20. The Kier molecular flexibility index (Phi) is 9.58. The first-order valence-corrected chi connectivity index (χ1v) is 17.9. The zero-order valence-electron chi connectivity index (χ0n) is 27.8. The van der Waals surface area contributed by atoms with Crippen molar-refractivity contribution in [2.75, 3.05) is 36.2 Å². The molecule has 258 valence electrons. The van der Waals surface area contributed by atoms with E-state index in [4.69, 9.17) is 9.47 Å². The van der Waals surface area contributed by atoms with E-state index in [0.29, 0.717) is 58.2 Å². The van der Waals surface area contributed by atoms with Crippen molar-refractivity contribution >= 4 is 67.6 Å². The third-order valence-corrected chi connectivity index (χ3v) is 10.6. The van der Waals surface area contributed by atoms with Crippen molar-refractivity contribution in [1.29, 1.82) is 0 Å². The number of ether oxygens (including phenoxy) is 2. The molecule has 0 bridgehead atoms. The number of aromatic nitrogens is 2. The maximum Gasteiger partial charge on any atom is 0.413 e. The third kappa shape index (κ3) is 7.54. The molecule has 4 amide bonds. The molecule has 2 saturated carbocycles. The van der Waals surface area contributed by atoms with Crippen LogP contribution in [0.15, 0.2) is 29.0 Å². The number of thiophene rings is 1. The van der Waals surface area contributed by atoms with Crippen LogP contribution in [0.25, 0.3) is 0 Å². The van der Waals surface area contributed by atoms with Gasteiger partial charge in [0.2, 0.25) is 5.91 Å². The number of hydrogen-bond donors (Lipinski definition) is 3. The smallest absolute Gasteiger partial charge is 0.413 e. The Morgan fingerprint density at radius 2 is 1.88 bits per heavy atom. The Labute approximate surface area is 293 Å². The monoisotopic (exact) mass is 742 g/mol. The fraction of sp³-hybridized carbons (Fsp3) is 0.500. The van der Waals surface area contributed by atoms with Crippen molar-refractivity contribution in [2.24, 2.45) is 11.8 Å². The molecule has 2 heterocycles. The lowest BCUT2D eigenvalue weighted by Gasteiger charge is -2.27. The minimum Gasteiger partial charge on any atom is -0.497 e. The van der Waals surface area contributed by atoms with Gasteiger partial charge < -0.3 is 29.6 Å². The zero-order chi connectivity index (χ0) is 34.3. The number of rotatable bonds is 10. The van der Waals surface area contributed by atoms with Crippen LogP contribution in [0.2, 0.25) is 0 Å². The fourth-order valence-corrected chi connectivity index (χ4v) is 7.68. The lowest BCUT2D eigenvalue weighted by Crippen LogP contribution is -2.32. The van der Waals surface area contributed by atoms with Gasteiger partial charge in [0.1, 0.15) is 22.2 Å². The number of halogens is 1. The number of amides is 4. The van der Waals surface area contributed by atoms with Gasteiger partial charge in [-0.15, -0.1) is 11.3 Å². The molecule has 3 aliphatic carbocycles. The molecule has 3 aliphatic rings. The molecule has 0 aliphatic heterocycles. The van der Waals surface area contributed by atoms with E-state index in [0.717, 1.165) is 36.1 Å². The molecule has 0 saturated heterocycles. The minimum absolute atomic E-state index is 0. The number of fused-ring (bicyclic) bond motifs is 1. The molecule has 2 aromatic heterocycles. The molecule has 1 atom stereocenters. The first-order chi connectivity index (χ1) is 22.8. The SMILES string of the molecule is COc1ccc(N(C)C(=O)c2ncn([C@H]3CCc4sc(NC(=O)C5CC5)c(C(=O)NCC5CC5)c4C3)c2NC(=O)OC(C)(C)C)c(Br)c1.[HH]. The Hall–Kier alpha value is -3.91. The summed E-state index contributed by atoms with van der Waals surface area (Å²) in [5, 5.41) is 9.54. The second kappa shape index (κ2) is 13.5. The number of nitrogens with one attached hydrogen (secondary N) is 3. The van der Waals surface area contributed by atoms with E-state index >= 15 is 0 Å². The molecule has 0 radical (unpaired) electrons. The molecular weight excluding hydrogens is 700 g/mol. The van der Waals surface area contributed by atoms with E-state index < -0.39 is 17.6 Å². The van der Waals surface area contributed by atoms with E-state index in [9.17, 15) is 19.2 Å². The Morgan fingerprint density at radius 1 is 1.12 bits per heavy atom. The number of imidazole rings is 1. The highest BCUT2D eigenvalue weighted by atomic mass is 79.9. The van der Waals surface area contributed by atoms with Crippen molar-refractivity contribution in [3.63, 3.8) is 0 Å². The summed E-state index contributed by atoms with van der Waals surface area (Å²) in [4.78, 5) is 60.6. The number of hydrogen-bond acceptors (Lipinski definition) is 8. The number of carbonyl (C=O) groups is 4. The Balaban J connectivity index is 0.00000468. The number of nitrogens with zero attached hydrogens (tertiary/aromatic N) is 3. The van der Waals surface area contributed by atoms with Crippen molar-refractivity contribution in [3.8, 4) is 5.75 Å². The molecule has 2 fully saturated rings. The van der Waals surface area contributed by atoms with Gasteiger partial charge in [0.25, 0.3) is 11.8 Å². The zero-order valence-corrected chi connectivity index (χ0v) is 30.2. The average molecular weight is 744 g/mol. The van der Waals surface area contributed by atoms with Gasteiger partial charge in [-0.2, -0.15) is 0 Å². The standard InChI is InChI=1S/C34H41BrN6O6S.H2/c1-34(2,3)47-33(45)38-28-27(32(44)40(4)24-12-11-21(46-5)15-23(24)35)37-17-41(28)20-10-13-25-22(14-20)26(30(43)36-16-18-6-7-18)31(48-25)39-29(42)19-8-9-19;/h11-12,15,17-20H,6-10,13-14,16H2,1-5H3,(H,36,43)(H,38,45)(H,39,42);1H/t20-;/m0./s1. The van der Waals surface area contributed by atoms with Gasteiger partial charge in [0.05, 0.1) is 24.7 Å². The van der Waals surface area contributed by atoms with Crippen LogP contribution >= 0.6 is 27.3 Å². The topological polar surface area (TPSA) is 144 Å². The molecule has 48 heavy (non-hydrogen) atoms. The van der Waals surface area contributed by atoms with Crippen LogP contribution in [0.5, 0.6) is 5.75 Å². The number of aryl methyl sites for hydroxylation is 1.